The average molecular weight is 416 g/mol. The maximum Gasteiger partial charge on any atom is 0.330 e. The maximum atomic E-state index is 12.9. The van der Waals surface area contributed by atoms with Gasteiger partial charge in [0.2, 0.25) is 0 Å². The van der Waals surface area contributed by atoms with E-state index in [-0.39, 0.29) is 18.8 Å². The number of benzene rings is 2. The fourth-order valence-electron chi connectivity index (χ4n) is 3.82. The molecule has 4 rings (SSSR count). The zero-order valence-electron chi connectivity index (χ0n) is 17.6. The second kappa shape index (κ2) is 9.11. The normalized spacial score (nSPS) is 19.6. The molecule has 2 heterocycles. The second-order valence-electron chi connectivity index (χ2n) is 7.74. The Morgan fingerprint density at radius 2 is 1.71 bits per heavy atom. The number of morpholine rings is 1. The minimum atomic E-state index is -1.18. The van der Waals surface area contributed by atoms with Crippen LogP contribution in [-0.4, -0.2) is 41.2 Å². The number of ether oxygens (including phenoxy) is 2. The highest BCUT2D eigenvalue weighted by atomic mass is 16.5. The van der Waals surface area contributed by atoms with Crippen molar-refractivity contribution in [2.45, 2.75) is 38.6 Å². The monoisotopic (exact) mass is 416 g/mol. The molecule has 0 aliphatic carbocycles. The average Bonchev–Trinajstić information content (AvgIpc) is 2.78. The SMILES string of the molecule is C[C@@H]1CN(c2nc3ccccc3nc2[C@H](C#N)C(=O)OCc2ccccc2)C[C@H](C)O1. The van der Waals surface area contributed by atoms with Crippen LogP contribution < -0.4 is 4.90 Å². The van der Waals surface area contributed by atoms with E-state index in [0.29, 0.717) is 35.6 Å². The van der Waals surface area contributed by atoms with Crippen LogP contribution in [0.3, 0.4) is 0 Å². The Morgan fingerprint density at radius 1 is 1.10 bits per heavy atom. The summed E-state index contributed by atoms with van der Waals surface area (Å²) in [5, 5.41) is 9.88. The van der Waals surface area contributed by atoms with Gasteiger partial charge in [0.15, 0.2) is 11.7 Å². The number of nitriles is 1. The van der Waals surface area contributed by atoms with Crippen LogP contribution in [0.2, 0.25) is 0 Å². The summed E-state index contributed by atoms with van der Waals surface area (Å²) < 4.78 is 11.3. The van der Waals surface area contributed by atoms with Crippen molar-refractivity contribution in [3.63, 3.8) is 0 Å². The number of rotatable bonds is 5. The summed E-state index contributed by atoms with van der Waals surface area (Å²) in [5.74, 6) is -1.28. The number of anilines is 1. The Hall–Kier alpha value is -3.50. The first-order chi connectivity index (χ1) is 15.0. The van der Waals surface area contributed by atoms with Crippen molar-refractivity contribution in [2.75, 3.05) is 18.0 Å². The lowest BCUT2D eigenvalue weighted by atomic mass is 10.1. The molecule has 0 spiro atoms. The zero-order valence-corrected chi connectivity index (χ0v) is 17.6. The third-order valence-corrected chi connectivity index (χ3v) is 5.16. The first-order valence-electron chi connectivity index (χ1n) is 10.3. The highest BCUT2D eigenvalue weighted by molar-refractivity contribution is 5.85. The highest BCUT2D eigenvalue weighted by Crippen LogP contribution is 2.30. The van der Waals surface area contributed by atoms with Crippen LogP contribution in [0, 0.1) is 11.3 Å². The zero-order chi connectivity index (χ0) is 21.8. The number of para-hydroxylation sites is 2. The molecule has 1 aliphatic heterocycles. The molecule has 31 heavy (non-hydrogen) atoms. The van der Waals surface area contributed by atoms with Gasteiger partial charge in [-0.25, -0.2) is 9.97 Å². The third kappa shape index (κ3) is 4.65. The molecule has 0 saturated carbocycles. The number of nitrogens with zero attached hydrogens (tertiary/aromatic N) is 4. The first kappa shape index (κ1) is 20.8. The minimum absolute atomic E-state index is 0.00422. The van der Waals surface area contributed by atoms with Gasteiger partial charge in [-0.1, -0.05) is 42.5 Å². The van der Waals surface area contributed by atoms with Gasteiger partial charge in [0.25, 0.3) is 0 Å². The number of aromatic nitrogens is 2. The molecule has 0 amide bonds. The van der Waals surface area contributed by atoms with Crippen molar-refractivity contribution in [3.8, 4) is 6.07 Å². The van der Waals surface area contributed by atoms with E-state index in [1.54, 1.807) is 0 Å². The summed E-state index contributed by atoms with van der Waals surface area (Å²) in [7, 11) is 0. The van der Waals surface area contributed by atoms with E-state index in [4.69, 9.17) is 14.5 Å². The highest BCUT2D eigenvalue weighted by Gasteiger charge is 2.32. The molecule has 3 aromatic rings. The summed E-state index contributed by atoms with van der Waals surface area (Å²) >= 11 is 0. The van der Waals surface area contributed by atoms with Gasteiger partial charge in [0, 0.05) is 13.1 Å². The van der Waals surface area contributed by atoms with Crippen molar-refractivity contribution in [3.05, 3.63) is 65.9 Å². The minimum Gasteiger partial charge on any atom is -0.460 e. The van der Waals surface area contributed by atoms with Gasteiger partial charge in [-0.05, 0) is 31.5 Å². The molecule has 0 radical (unpaired) electrons. The van der Waals surface area contributed by atoms with Gasteiger partial charge in [-0.3, -0.25) is 4.79 Å². The molecular formula is C24H24N4O3. The number of carbonyl (C=O) groups excluding carboxylic acids is 1. The van der Waals surface area contributed by atoms with E-state index in [1.165, 1.54) is 0 Å². The standard InChI is InChI=1S/C24H24N4O3/c1-16-13-28(14-17(2)31-16)23-22(26-20-10-6-7-11-21(20)27-23)19(12-25)24(29)30-15-18-8-4-3-5-9-18/h3-11,16-17,19H,13-15H2,1-2H3/t16-,17+,19-/m0/s1. The van der Waals surface area contributed by atoms with Crippen LogP contribution in [0.1, 0.15) is 31.0 Å². The summed E-state index contributed by atoms with van der Waals surface area (Å²) in [6, 6.07) is 18.9. The van der Waals surface area contributed by atoms with E-state index < -0.39 is 11.9 Å². The number of hydrogen-bond acceptors (Lipinski definition) is 7. The fourth-order valence-corrected chi connectivity index (χ4v) is 3.82. The van der Waals surface area contributed by atoms with Gasteiger partial charge < -0.3 is 14.4 Å². The molecule has 2 aromatic carbocycles. The lowest BCUT2D eigenvalue weighted by molar-refractivity contribution is -0.145. The Balaban J connectivity index is 1.69. The molecule has 0 bridgehead atoms. The number of fused-ring (bicyclic) bond motifs is 1. The van der Waals surface area contributed by atoms with Crippen LogP contribution in [-0.2, 0) is 20.9 Å². The van der Waals surface area contributed by atoms with Crippen molar-refractivity contribution in [1.82, 2.24) is 9.97 Å². The molecule has 158 valence electrons. The van der Waals surface area contributed by atoms with Crippen LogP contribution >= 0.6 is 0 Å². The second-order valence-corrected chi connectivity index (χ2v) is 7.74. The number of carbonyl (C=O) groups is 1. The summed E-state index contributed by atoms with van der Waals surface area (Å²) in [5.41, 5.74) is 2.52. The topological polar surface area (TPSA) is 88.3 Å². The van der Waals surface area contributed by atoms with Gasteiger partial charge in [0.1, 0.15) is 12.3 Å². The molecular weight excluding hydrogens is 392 g/mol. The van der Waals surface area contributed by atoms with Gasteiger partial charge in [0.05, 0.1) is 29.3 Å². The quantitative estimate of drug-likeness (QED) is 0.587. The van der Waals surface area contributed by atoms with E-state index in [2.05, 4.69) is 11.1 Å². The van der Waals surface area contributed by atoms with Gasteiger partial charge >= 0.3 is 5.97 Å². The largest absolute Gasteiger partial charge is 0.460 e. The summed E-state index contributed by atoms with van der Waals surface area (Å²) in [6.07, 6.45) is -0.00845. The van der Waals surface area contributed by atoms with E-state index in [9.17, 15) is 10.1 Å². The Morgan fingerprint density at radius 3 is 2.35 bits per heavy atom. The van der Waals surface area contributed by atoms with Crippen LogP contribution in [0.25, 0.3) is 11.0 Å². The van der Waals surface area contributed by atoms with E-state index in [1.807, 2.05) is 73.3 Å². The van der Waals surface area contributed by atoms with Crippen molar-refractivity contribution in [2.24, 2.45) is 0 Å². The molecule has 0 unspecified atom stereocenters. The summed E-state index contributed by atoms with van der Waals surface area (Å²) in [6.45, 7) is 5.28. The molecule has 7 nitrogen and oxygen atoms in total. The lowest BCUT2D eigenvalue weighted by Gasteiger charge is -2.37. The Bertz CT molecular complexity index is 1100. The van der Waals surface area contributed by atoms with Crippen molar-refractivity contribution >= 4 is 22.8 Å². The van der Waals surface area contributed by atoms with Gasteiger partial charge in [-0.15, -0.1) is 0 Å². The van der Waals surface area contributed by atoms with E-state index >= 15 is 0 Å². The first-order valence-corrected chi connectivity index (χ1v) is 10.3. The predicted octanol–water partition coefficient (Wildman–Crippen LogP) is 3.59. The lowest BCUT2D eigenvalue weighted by Crippen LogP contribution is -2.46. The maximum absolute atomic E-state index is 12.9. The van der Waals surface area contributed by atoms with E-state index in [0.717, 1.165) is 5.56 Å². The molecule has 1 saturated heterocycles. The Kier molecular flexibility index (Phi) is 6.10. The molecule has 1 fully saturated rings. The predicted molar refractivity (Wildman–Crippen MR) is 116 cm³/mol. The Labute approximate surface area is 181 Å². The molecule has 1 aliphatic rings. The van der Waals surface area contributed by atoms with Crippen LogP contribution in [0.5, 0.6) is 0 Å². The fraction of sp³-hybridized carbons (Fsp3) is 0.333. The van der Waals surface area contributed by atoms with Crippen LogP contribution in [0.15, 0.2) is 54.6 Å². The van der Waals surface area contributed by atoms with Gasteiger partial charge in [-0.2, -0.15) is 5.26 Å². The van der Waals surface area contributed by atoms with Crippen LogP contribution in [0.4, 0.5) is 5.82 Å². The summed E-state index contributed by atoms with van der Waals surface area (Å²) in [4.78, 5) is 24.4. The molecule has 3 atom stereocenters. The third-order valence-electron chi connectivity index (χ3n) is 5.16. The molecule has 7 heteroatoms. The smallest absolute Gasteiger partial charge is 0.330 e. The molecule has 1 aromatic heterocycles. The van der Waals surface area contributed by atoms with Crippen molar-refractivity contribution < 1.29 is 14.3 Å². The number of hydrogen-bond donors (Lipinski definition) is 0. The number of esters is 1. The van der Waals surface area contributed by atoms with Crippen molar-refractivity contribution in [1.29, 1.82) is 5.26 Å². The molecule has 0 N–H and O–H groups in total.